The molecule has 0 heterocycles. The molecule has 1 rings (SSSR count). The molecular formula is C13H17F2NO3. The van der Waals surface area contributed by atoms with Gasteiger partial charge in [-0.3, -0.25) is 4.79 Å². The zero-order valence-electron chi connectivity index (χ0n) is 10.9. The van der Waals surface area contributed by atoms with E-state index in [1.807, 2.05) is 0 Å². The van der Waals surface area contributed by atoms with Crippen LogP contribution < -0.4 is 5.32 Å². The van der Waals surface area contributed by atoms with Gasteiger partial charge in [-0.1, -0.05) is 0 Å². The lowest BCUT2D eigenvalue weighted by Gasteiger charge is -2.10. The molecule has 1 unspecified atom stereocenters. The van der Waals surface area contributed by atoms with Crippen molar-refractivity contribution in [2.45, 2.75) is 19.4 Å². The fraction of sp³-hybridized carbons (Fsp3) is 0.462. The highest BCUT2D eigenvalue weighted by Crippen LogP contribution is 2.14. The lowest BCUT2D eigenvalue weighted by atomic mass is 10.1. The quantitative estimate of drug-likeness (QED) is 0.823. The summed E-state index contributed by atoms with van der Waals surface area (Å²) in [4.78, 5) is 11.6. The molecular weight excluding hydrogens is 256 g/mol. The average molecular weight is 273 g/mol. The molecule has 0 aliphatic rings. The third kappa shape index (κ3) is 4.57. The number of carbonyl (C=O) groups excluding carboxylic acids is 1. The van der Waals surface area contributed by atoms with Crippen molar-refractivity contribution in [2.75, 3.05) is 20.3 Å². The van der Waals surface area contributed by atoms with Gasteiger partial charge in [-0.05, 0) is 31.0 Å². The maximum Gasteiger partial charge on any atom is 0.254 e. The highest BCUT2D eigenvalue weighted by Gasteiger charge is 2.14. The summed E-state index contributed by atoms with van der Waals surface area (Å²) in [6, 6.07) is 1.84. The third-order valence-corrected chi connectivity index (χ3v) is 2.62. The molecule has 19 heavy (non-hydrogen) atoms. The van der Waals surface area contributed by atoms with E-state index in [-0.39, 0.29) is 30.7 Å². The first kappa shape index (κ1) is 15.5. The van der Waals surface area contributed by atoms with Crippen LogP contribution in [-0.4, -0.2) is 37.4 Å². The molecule has 4 nitrogen and oxygen atoms in total. The number of halogens is 2. The Balaban J connectivity index is 2.57. The van der Waals surface area contributed by atoms with Crippen LogP contribution in [0.3, 0.4) is 0 Å². The fourth-order valence-corrected chi connectivity index (χ4v) is 1.54. The number of carbonyl (C=O) groups is 1. The van der Waals surface area contributed by atoms with Gasteiger partial charge in [-0.25, -0.2) is 8.78 Å². The van der Waals surface area contributed by atoms with Gasteiger partial charge in [-0.2, -0.15) is 0 Å². The fourth-order valence-electron chi connectivity index (χ4n) is 1.54. The number of aliphatic hydroxyl groups excluding tert-OH is 1. The van der Waals surface area contributed by atoms with Crippen LogP contribution in [0.4, 0.5) is 8.78 Å². The minimum atomic E-state index is -0.770. The summed E-state index contributed by atoms with van der Waals surface area (Å²) in [6.45, 7) is 1.73. The molecule has 0 bridgehead atoms. The van der Waals surface area contributed by atoms with Gasteiger partial charge >= 0.3 is 0 Å². The number of nitrogens with one attached hydrogen (secondary N) is 1. The Kier molecular flexibility index (Phi) is 5.85. The van der Waals surface area contributed by atoms with Crippen molar-refractivity contribution in [1.82, 2.24) is 5.32 Å². The van der Waals surface area contributed by atoms with E-state index in [2.05, 4.69) is 5.32 Å². The Bertz CT molecular complexity index is 452. The van der Waals surface area contributed by atoms with Crippen molar-refractivity contribution >= 4 is 5.91 Å². The van der Waals surface area contributed by atoms with Crippen molar-refractivity contribution in [3.05, 3.63) is 34.9 Å². The summed E-state index contributed by atoms with van der Waals surface area (Å²) >= 11 is 0. The number of hydrogen-bond donors (Lipinski definition) is 2. The predicted octanol–water partition coefficient (Wildman–Crippen LogP) is 1.40. The second-order valence-corrected chi connectivity index (χ2v) is 4.23. The molecule has 0 spiro atoms. The summed E-state index contributed by atoms with van der Waals surface area (Å²) in [5, 5.41) is 11.8. The monoisotopic (exact) mass is 273 g/mol. The number of amides is 1. The predicted molar refractivity (Wildman–Crippen MR) is 65.9 cm³/mol. The SMILES string of the molecule is COCC(O)CCNC(=O)c1cc(F)c(C)cc1F. The van der Waals surface area contributed by atoms with Crippen molar-refractivity contribution in [1.29, 1.82) is 0 Å². The van der Waals surface area contributed by atoms with Gasteiger partial charge in [0.2, 0.25) is 0 Å². The molecule has 0 aromatic heterocycles. The maximum absolute atomic E-state index is 13.5. The standard InChI is InChI=1S/C13H17F2NO3/c1-8-5-12(15)10(6-11(8)14)13(18)16-4-3-9(17)7-19-2/h5-6,9,17H,3-4,7H2,1-2H3,(H,16,18). The third-order valence-electron chi connectivity index (χ3n) is 2.62. The van der Waals surface area contributed by atoms with Crippen LogP contribution in [0.5, 0.6) is 0 Å². The second-order valence-electron chi connectivity index (χ2n) is 4.23. The van der Waals surface area contributed by atoms with Crippen LogP contribution in [0.15, 0.2) is 12.1 Å². The van der Waals surface area contributed by atoms with Gasteiger partial charge in [0.15, 0.2) is 0 Å². The van der Waals surface area contributed by atoms with E-state index in [1.165, 1.54) is 14.0 Å². The van der Waals surface area contributed by atoms with Crippen LogP contribution >= 0.6 is 0 Å². The summed E-state index contributed by atoms with van der Waals surface area (Å²) in [5.74, 6) is -2.11. The van der Waals surface area contributed by atoms with E-state index in [9.17, 15) is 18.7 Å². The molecule has 0 aliphatic carbocycles. The Morgan fingerprint density at radius 1 is 1.42 bits per heavy atom. The molecule has 0 saturated heterocycles. The topological polar surface area (TPSA) is 58.6 Å². The van der Waals surface area contributed by atoms with Gasteiger partial charge in [-0.15, -0.1) is 0 Å². The zero-order chi connectivity index (χ0) is 14.4. The van der Waals surface area contributed by atoms with Crippen LogP contribution in [-0.2, 0) is 4.74 Å². The maximum atomic E-state index is 13.5. The van der Waals surface area contributed by atoms with E-state index in [1.54, 1.807) is 0 Å². The van der Waals surface area contributed by atoms with Gasteiger partial charge in [0.1, 0.15) is 11.6 Å². The first-order valence-electron chi connectivity index (χ1n) is 5.86. The Morgan fingerprint density at radius 3 is 2.74 bits per heavy atom. The molecule has 106 valence electrons. The summed E-state index contributed by atoms with van der Waals surface area (Å²) in [7, 11) is 1.45. The van der Waals surface area contributed by atoms with E-state index in [0.717, 1.165) is 12.1 Å². The highest BCUT2D eigenvalue weighted by atomic mass is 19.1. The molecule has 1 amide bonds. The van der Waals surface area contributed by atoms with Gasteiger partial charge in [0.25, 0.3) is 5.91 Å². The van der Waals surface area contributed by atoms with Crippen LogP contribution in [0.1, 0.15) is 22.3 Å². The van der Waals surface area contributed by atoms with Crippen LogP contribution in [0, 0.1) is 18.6 Å². The summed E-state index contributed by atoms with van der Waals surface area (Å²) in [6.07, 6.45) is -0.430. The molecule has 2 N–H and O–H groups in total. The molecule has 1 aromatic rings. The molecule has 0 fully saturated rings. The number of benzene rings is 1. The Morgan fingerprint density at radius 2 is 2.11 bits per heavy atom. The Hall–Kier alpha value is -1.53. The van der Waals surface area contributed by atoms with Crippen molar-refractivity contribution in [3.8, 4) is 0 Å². The molecule has 1 atom stereocenters. The number of ether oxygens (including phenoxy) is 1. The van der Waals surface area contributed by atoms with Gasteiger partial charge < -0.3 is 15.2 Å². The minimum absolute atomic E-state index is 0.143. The number of hydrogen-bond acceptors (Lipinski definition) is 3. The molecule has 0 aliphatic heterocycles. The zero-order valence-corrected chi connectivity index (χ0v) is 10.9. The summed E-state index contributed by atoms with van der Waals surface area (Å²) in [5.41, 5.74) is -0.200. The number of aryl methyl sites for hydroxylation is 1. The van der Waals surface area contributed by atoms with E-state index < -0.39 is 23.6 Å². The molecule has 0 saturated carbocycles. The second kappa shape index (κ2) is 7.16. The van der Waals surface area contributed by atoms with E-state index in [4.69, 9.17) is 4.74 Å². The minimum Gasteiger partial charge on any atom is -0.391 e. The van der Waals surface area contributed by atoms with Crippen LogP contribution in [0.25, 0.3) is 0 Å². The van der Waals surface area contributed by atoms with Crippen molar-refractivity contribution < 1.29 is 23.4 Å². The number of rotatable bonds is 6. The lowest BCUT2D eigenvalue weighted by molar-refractivity contribution is 0.0587. The average Bonchev–Trinajstić information content (AvgIpc) is 2.34. The lowest BCUT2D eigenvalue weighted by Crippen LogP contribution is -2.29. The largest absolute Gasteiger partial charge is 0.391 e. The first-order chi connectivity index (χ1) is 8.95. The molecule has 6 heteroatoms. The normalized spacial score (nSPS) is 12.3. The van der Waals surface area contributed by atoms with Gasteiger partial charge in [0, 0.05) is 13.7 Å². The van der Waals surface area contributed by atoms with Crippen molar-refractivity contribution in [3.63, 3.8) is 0 Å². The van der Waals surface area contributed by atoms with E-state index in [0.29, 0.717) is 0 Å². The summed E-state index contributed by atoms with van der Waals surface area (Å²) < 4.78 is 31.5. The number of methoxy groups -OCH3 is 1. The molecule has 0 radical (unpaired) electrons. The van der Waals surface area contributed by atoms with Gasteiger partial charge in [0.05, 0.1) is 18.3 Å². The van der Waals surface area contributed by atoms with Crippen LogP contribution in [0.2, 0.25) is 0 Å². The smallest absolute Gasteiger partial charge is 0.254 e. The number of aliphatic hydroxyl groups is 1. The molecule has 1 aromatic carbocycles. The van der Waals surface area contributed by atoms with E-state index >= 15 is 0 Å². The highest BCUT2D eigenvalue weighted by molar-refractivity contribution is 5.94. The Labute approximate surface area is 110 Å². The first-order valence-corrected chi connectivity index (χ1v) is 5.86. The van der Waals surface area contributed by atoms with Crippen molar-refractivity contribution in [2.24, 2.45) is 0 Å².